The van der Waals surface area contributed by atoms with Gasteiger partial charge in [0.2, 0.25) is 11.0 Å². The van der Waals surface area contributed by atoms with Gasteiger partial charge in [-0.25, -0.2) is 0 Å². The number of aromatic nitrogens is 2. The lowest BCUT2D eigenvalue weighted by Crippen LogP contribution is -2.19. The average Bonchev–Trinajstić information content (AvgIpc) is 3.05. The molecule has 0 radical (unpaired) electrons. The Morgan fingerprint density at radius 3 is 2.48 bits per heavy atom. The Kier molecular flexibility index (Phi) is 5.66. The van der Waals surface area contributed by atoms with Crippen LogP contribution in [0.5, 0.6) is 0 Å². The smallest absolute Gasteiger partial charge is 0.374 e. The molecule has 1 heterocycles. The lowest BCUT2D eigenvalue weighted by Gasteiger charge is -2.16. The Balaban J connectivity index is 1.85. The van der Waals surface area contributed by atoms with Crippen molar-refractivity contribution in [3.8, 4) is 0 Å². The highest BCUT2D eigenvalue weighted by molar-refractivity contribution is 8.02. The molecule has 2 aromatic carbocycles. The SMILES string of the molecule is Nc1nnc(S[C@@H](C(=O)Nc2cccc(C(F)(F)F)c2)c2ccccc2)s1. The molecule has 0 unspecified atom stereocenters. The van der Waals surface area contributed by atoms with Gasteiger partial charge in [0.05, 0.1) is 5.56 Å². The summed E-state index contributed by atoms with van der Waals surface area (Å²) in [6.45, 7) is 0. The predicted octanol–water partition coefficient (Wildman–Crippen LogP) is 4.61. The lowest BCUT2D eigenvalue weighted by molar-refractivity contribution is -0.137. The first-order valence-corrected chi connectivity index (χ1v) is 9.31. The normalized spacial score (nSPS) is 12.6. The van der Waals surface area contributed by atoms with Crippen LogP contribution in [0.2, 0.25) is 0 Å². The highest BCUT2D eigenvalue weighted by atomic mass is 32.2. The van der Waals surface area contributed by atoms with Crippen molar-refractivity contribution >= 4 is 39.8 Å². The number of nitrogens with one attached hydrogen (secondary N) is 1. The van der Waals surface area contributed by atoms with E-state index in [1.54, 1.807) is 30.3 Å². The zero-order chi connectivity index (χ0) is 19.4. The van der Waals surface area contributed by atoms with E-state index in [-0.39, 0.29) is 10.8 Å². The summed E-state index contributed by atoms with van der Waals surface area (Å²) in [6.07, 6.45) is -4.49. The number of hydrogen-bond acceptors (Lipinski definition) is 6. The molecule has 3 aromatic rings. The third kappa shape index (κ3) is 4.98. The average molecular weight is 410 g/mol. The third-order valence-electron chi connectivity index (χ3n) is 3.44. The zero-order valence-corrected chi connectivity index (χ0v) is 15.2. The van der Waals surface area contributed by atoms with Crippen LogP contribution in [0.4, 0.5) is 24.0 Å². The molecule has 0 aliphatic carbocycles. The van der Waals surface area contributed by atoms with E-state index in [0.29, 0.717) is 9.90 Å². The van der Waals surface area contributed by atoms with Gasteiger partial charge in [-0.2, -0.15) is 13.2 Å². The van der Waals surface area contributed by atoms with E-state index >= 15 is 0 Å². The van der Waals surface area contributed by atoms with Gasteiger partial charge in [-0.15, -0.1) is 10.2 Å². The Hall–Kier alpha value is -2.59. The molecule has 1 amide bonds. The lowest BCUT2D eigenvalue weighted by atomic mass is 10.1. The number of benzene rings is 2. The maximum absolute atomic E-state index is 12.9. The van der Waals surface area contributed by atoms with Gasteiger partial charge >= 0.3 is 6.18 Å². The maximum atomic E-state index is 12.9. The molecule has 0 bridgehead atoms. The molecule has 0 spiro atoms. The summed E-state index contributed by atoms with van der Waals surface area (Å²) in [5.41, 5.74) is 5.49. The van der Waals surface area contributed by atoms with Crippen molar-refractivity contribution in [1.29, 1.82) is 0 Å². The van der Waals surface area contributed by atoms with E-state index in [2.05, 4.69) is 15.5 Å². The summed E-state index contributed by atoms with van der Waals surface area (Å²) in [5, 5.41) is 9.69. The van der Waals surface area contributed by atoms with E-state index in [0.717, 1.165) is 35.2 Å². The summed E-state index contributed by atoms with van der Waals surface area (Å²) in [5.74, 6) is -0.473. The quantitative estimate of drug-likeness (QED) is 0.601. The molecule has 0 aliphatic heterocycles. The van der Waals surface area contributed by atoms with E-state index < -0.39 is 22.9 Å². The monoisotopic (exact) mass is 410 g/mol. The molecule has 3 N–H and O–H groups in total. The standard InChI is InChI=1S/C17H13F3N4OS2/c18-17(19,20)11-7-4-8-12(9-11)22-14(25)13(10-5-2-1-3-6-10)26-16-24-23-15(21)27-16/h1-9,13H,(H2,21,23)(H,22,25)/t13-/m1/s1. The Morgan fingerprint density at radius 2 is 1.85 bits per heavy atom. The van der Waals surface area contributed by atoms with Crippen LogP contribution in [-0.2, 0) is 11.0 Å². The van der Waals surface area contributed by atoms with Gasteiger partial charge in [-0.1, -0.05) is 59.5 Å². The second-order valence-corrected chi connectivity index (χ2v) is 7.74. The van der Waals surface area contributed by atoms with Crippen molar-refractivity contribution in [2.24, 2.45) is 0 Å². The second kappa shape index (κ2) is 7.97. The number of carbonyl (C=O) groups is 1. The number of amides is 1. The van der Waals surface area contributed by atoms with Crippen LogP contribution in [-0.4, -0.2) is 16.1 Å². The largest absolute Gasteiger partial charge is 0.416 e. The molecule has 0 fully saturated rings. The van der Waals surface area contributed by atoms with E-state index in [9.17, 15) is 18.0 Å². The highest BCUT2D eigenvalue weighted by Gasteiger charge is 2.31. The molecule has 27 heavy (non-hydrogen) atoms. The van der Waals surface area contributed by atoms with Crippen molar-refractivity contribution in [3.05, 3.63) is 65.7 Å². The third-order valence-corrected chi connectivity index (χ3v) is 5.53. The van der Waals surface area contributed by atoms with Crippen molar-refractivity contribution in [3.63, 3.8) is 0 Å². The van der Waals surface area contributed by atoms with Crippen molar-refractivity contribution < 1.29 is 18.0 Å². The van der Waals surface area contributed by atoms with E-state index in [4.69, 9.17) is 5.73 Å². The van der Waals surface area contributed by atoms with Crippen LogP contribution in [0.1, 0.15) is 16.4 Å². The zero-order valence-electron chi connectivity index (χ0n) is 13.6. The summed E-state index contributed by atoms with van der Waals surface area (Å²) in [4.78, 5) is 12.8. The molecular formula is C17H13F3N4OS2. The fourth-order valence-electron chi connectivity index (χ4n) is 2.25. The van der Waals surface area contributed by atoms with Gasteiger partial charge in [0, 0.05) is 5.69 Å². The number of nitrogen functional groups attached to an aromatic ring is 1. The fraction of sp³-hybridized carbons (Fsp3) is 0.118. The first-order valence-electron chi connectivity index (χ1n) is 7.61. The number of carbonyl (C=O) groups excluding carboxylic acids is 1. The summed E-state index contributed by atoms with van der Waals surface area (Å²) in [6, 6.07) is 13.4. The molecular weight excluding hydrogens is 397 g/mol. The van der Waals surface area contributed by atoms with Crippen molar-refractivity contribution in [1.82, 2.24) is 10.2 Å². The second-order valence-electron chi connectivity index (χ2n) is 5.38. The fourth-order valence-corrected chi connectivity index (χ4v) is 4.08. The van der Waals surface area contributed by atoms with Crippen LogP contribution < -0.4 is 11.1 Å². The minimum Gasteiger partial charge on any atom is -0.374 e. The summed E-state index contributed by atoms with van der Waals surface area (Å²) in [7, 11) is 0. The molecule has 140 valence electrons. The number of thioether (sulfide) groups is 1. The van der Waals surface area contributed by atoms with Crippen LogP contribution in [0.3, 0.4) is 0 Å². The number of anilines is 2. The van der Waals surface area contributed by atoms with Crippen LogP contribution in [0.25, 0.3) is 0 Å². The molecule has 1 aromatic heterocycles. The maximum Gasteiger partial charge on any atom is 0.416 e. The van der Waals surface area contributed by atoms with E-state index in [1.807, 2.05) is 0 Å². The van der Waals surface area contributed by atoms with E-state index in [1.165, 1.54) is 12.1 Å². The molecule has 0 saturated heterocycles. The Labute approximate surface area is 160 Å². The number of nitrogens with two attached hydrogens (primary N) is 1. The van der Waals surface area contributed by atoms with Gasteiger partial charge in [-0.05, 0) is 23.8 Å². The molecule has 1 atom stereocenters. The van der Waals surface area contributed by atoms with Gasteiger partial charge < -0.3 is 11.1 Å². The summed E-state index contributed by atoms with van der Waals surface area (Å²) >= 11 is 2.26. The minimum atomic E-state index is -4.49. The van der Waals surface area contributed by atoms with Crippen molar-refractivity contribution in [2.75, 3.05) is 11.1 Å². The number of nitrogens with zero attached hydrogens (tertiary/aromatic N) is 2. The molecule has 5 nitrogen and oxygen atoms in total. The van der Waals surface area contributed by atoms with Gasteiger partial charge in [0.1, 0.15) is 5.25 Å². The minimum absolute atomic E-state index is 0.0631. The number of halogens is 3. The molecule has 3 rings (SSSR count). The first kappa shape index (κ1) is 19.2. The number of alkyl halides is 3. The summed E-state index contributed by atoms with van der Waals surface area (Å²) < 4.78 is 39.1. The van der Waals surface area contributed by atoms with Crippen LogP contribution in [0, 0.1) is 0 Å². The van der Waals surface area contributed by atoms with Crippen molar-refractivity contribution in [2.45, 2.75) is 15.8 Å². The predicted molar refractivity (Wildman–Crippen MR) is 99.4 cm³/mol. The van der Waals surface area contributed by atoms with Gasteiger partial charge in [-0.3, -0.25) is 4.79 Å². The molecule has 10 heteroatoms. The molecule has 0 aliphatic rings. The number of rotatable bonds is 5. The van der Waals surface area contributed by atoms with Crippen LogP contribution >= 0.6 is 23.1 Å². The molecule has 0 saturated carbocycles. The van der Waals surface area contributed by atoms with Crippen LogP contribution in [0.15, 0.2) is 58.9 Å². The highest BCUT2D eigenvalue weighted by Crippen LogP contribution is 2.38. The first-order chi connectivity index (χ1) is 12.8. The van der Waals surface area contributed by atoms with Gasteiger partial charge in [0.25, 0.3) is 0 Å². The van der Waals surface area contributed by atoms with Gasteiger partial charge in [0.15, 0.2) is 4.34 Å². The Morgan fingerprint density at radius 1 is 1.11 bits per heavy atom. The topological polar surface area (TPSA) is 80.9 Å². The number of hydrogen-bond donors (Lipinski definition) is 2. The Bertz CT molecular complexity index is 931.